The van der Waals surface area contributed by atoms with Crippen molar-refractivity contribution in [3.63, 3.8) is 0 Å². The lowest BCUT2D eigenvalue weighted by Crippen LogP contribution is -2.52. The van der Waals surface area contributed by atoms with Gasteiger partial charge in [0.1, 0.15) is 11.8 Å². The molecular weight excluding hydrogens is 272 g/mol. The molecule has 2 saturated heterocycles. The summed E-state index contributed by atoms with van der Waals surface area (Å²) >= 11 is 0. The molecule has 1 unspecified atom stereocenters. The quantitative estimate of drug-likeness (QED) is 0.806. The van der Waals surface area contributed by atoms with Crippen molar-refractivity contribution in [2.75, 3.05) is 38.5 Å². The van der Waals surface area contributed by atoms with Crippen molar-refractivity contribution >= 4 is 17.5 Å². The summed E-state index contributed by atoms with van der Waals surface area (Å²) in [6.45, 7) is 2.86. The van der Waals surface area contributed by atoms with E-state index in [1.54, 1.807) is 22.1 Å². The lowest BCUT2D eigenvalue weighted by molar-refractivity contribution is -0.142. The average molecular weight is 292 g/mol. The van der Waals surface area contributed by atoms with Gasteiger partial charge in [-0.05, 0) is 18.9 Å². The molecule has 3 rings (SSSR count). The Morgan fingerprint density at radius 2 is 1.95 bits per heavy atom. The number of nitrogen functional groups attached to an aromatic ring is 1. The summed E-state index contributed by atoms with van der Waals surface area (Å²) in [6.07, 6.45) is 3.07. The number of amides is 2. The maximum absolute atomic E-state index is 12.3. The molecule has 7 heteroatoms. The average Bonchev–Trinajstić information content (AvgIpc) is 3.17. The third kappa shape index (κ3) is 2.87. The van der Waals surface area contributed by atoms with Gasteiger partial charge in [0.25, 0.3) is 11.8 Å². The Balaban J connectivity index is 1.55. The van der Waals surface area contributed by atoms with Crippen LogP contribution in [-0.4, -0.2) is 65.5 Å². The maximum atomic E-state index is 12.3. The van der Waals surface area contributed by atoms with Crippen LogP contribution in [0.1, 0.15) is 23.3 Å². The minimum Gasteiger partial charge on any atom is -0.397 e. The standard InChI is InChI=1S/C14H20N4O3/c15-10-8-11(16-9-10)13(19)17-3-5-18(6-4-17)14(20)12-2-1-7-21-12/h8-9,12,16H,1-7,15H2. The summed E-state index contributed by atoms with van der Waals surface area (Å²) in [4.78, 5) is 30.9. The largest absolute Gasteiger partial charge is 0.397 e. The number of carbonyl (C=O) groups is 2. The fraction of sp³-hybridized carbons (Fsp3) is 0.571. The SMILES string of the molecule is Nc1c[nH]c(C(=O)N2CCN(C(=O)C3CCCO3)CC2)c1. The van der Waals surface area contributed by atoms with Crippen molar-refractivity contribution in [2.24, 2.45) is 0 Å². The first-order valence-corrected chi connectivity index (χ1v) is 7.29. The molecule has 2 amide bonds. The van der Waals surface area contributed by atoms with Gasteiger partial charge >= 0.3 is 0 Å². The highest BCUT2D eigenvalue weighted by Crippen LogP contribution is 2.17. The topological polar surface area (TPSA) is 91.7 Å². The number of aromatic nitrogens is 1. The predicted octanol–water partition coefficient (Wildman–Crippen LogP) is 0.0603. The van der Waals surface area contributed by atoms with Crippen LogP contribution in [0.3, 0.4) is 0 Å². The number of hydrogen-bond acceptors (Lipinski definition) is 4. The molecule has 2 fully saturated rings. The fourth-order valence-corrected chi connectivity index (χ4v) is 2.81. The van der Waals surface area contributed by atoms with Gasteiger partial charge < -0.3 is 25.3 Å². The van der Waals surface area contributed by atoms with E-state index in [1.165, 1.54) is 0 Å². The van der Waals surface area contributed by atoms with Crippen LogP contribution in [0.5, 0.6) is 0 Å². The number of anilines is 1. The molecule has 0 radical (unpaired) electrons. The molecule has 1 atom stereocenters. The van der Waals surface area contributed by atoms with E-state index in [-0.39, 0.29) is 17.9 Å². The van der Waals surface area contributed by atoms with E-state index in [9.17, 15) is 9.59 Å². The second-order valence-electron chi connectivity index (χ2n) is 5.47. The van der Waals surface area contributed by atoms with Gasteiger partial charge in [0.05, 0.1) is 0 Å². The number of carbonyl (C=O) groups excluding carboxylic acids is 2. The molecule has 3 heterocycles. The number of H-pyrrole nitrogens is 1. The lowest BCUT2D eigenvalue weighted by Gasteiger charge is -2.35. The molecule has 1 aromatic heterocycles. The molecule has 1 aromatic rings. The highest BCUT2D eigenvalue weighted by molar-refractivity contribution is 5.93. The van der Waals surface area contributed by atoms with Crippen LogP contribution in [-0.2, 0) is 9.53 Å². The van der Waals surface area contributed by atoms with Gasteiger partial charge in [0.15, 0.2) is 0 Å². The van der Waals surface area contributed by atoms with Gasteiger partial charge in [-0.15, -0.1) is 0 Å². The molecule has 0 aromatic carbocycles. The van der Waals surface area contributed by atoms with Gasteiger partial charge in [0.2, 0.25) is 0 Å². The van der Waals surface area contributed by atoms with E-state index in [0.717, 1.165) is 12.8 Å². The molecule has 7 nitrogen and oxygen atoms in total. The predicted molar refractivity (Wildman–Crippen MR) is 76.7 cm³/mol. The van der Waals surface area contributed by atoms with Crippen LogP contribution < -0.4 is 5.73 Å². The summed E-state index contributed by atoms with van der Waals surface area (Å²) in [7, 11) is 0. The van der Waals surface area contributed by atoms with Crippen LogP contribution in [0, 0.1) is 0 Å². The Kier molecular flexibility index (Phi) is 3.83. The zero-order valence-corrected chi connectivity index (χ0v) is 11.9. The number of ether oxygens (including phenoxy) is 1. The fourth-order valence-electron chi connectivity index (χ4n) is 2.81. The first-order valence-electron chi connectivity index (χ1n) is 7.29. The molecule has 0 spiro atoms. The van der Waals surface area contributed by atoms with Crippen molar-refractivity contribution in [3.8, 4) is 0 Å². The zero-order chi connectivity index (χ0) is 14.8. The van der Waals surface area contributed by atoms with Crippen LogP contribution in [0.2, 0.25) is 0 Å². The minimum absolute atomic E-state index is 0.0590. The van der Waals surface area contributed by atoms with Gasteiger partial charge in [-0.3, -0.25) is 9.59 Å². The first kappa shape index (κ1) is 13.9. The van der Waals surface area contributed by atoms with Gasteiger partial charge in [-0.25, -0.2) is 0 Å². The zero-order valence-electron chi connectivity index (χ0n) is 11.9. The first-order chi connectivity index (χ1) is 10.1. The van der Waals surface area contributed by atoms with Crippen LogP contribution in [0.25, 0.3) is 0 Å². The van der Waals surface area contributed by atoms with E-state index in [2.05, 4.69) is 4.98 Å². The van der Waals surface area contributed by atoms with Crippen molar-refractivity contribution in [1.29, 1.82) is 0 Å². The molecular formula is C14H20N4O3. The van der Waals surface area contributed by atoms with Crippen LogP contribution >= 0.6 is 0 Å². The lowest BCUT2D eigenvalue weighted by atomic mass is 10.2. The van der Waals surface area contributed by atoms with E-state index in [1.807, 2.05) is 0 Å². The summed E-state index contributed by atoms with van der Waals surface area (Å²) in [5.74, 6) is -0.0142. The summed E-state index contributed by atoms with van der Waals surface area (Å²) in [5, 5.41) is 0. The molecule has 21 heavy (non-hydrogen) atoms. The Labute approximate surface area is 123 Å². The molecule has 2 aliphatic heterocycles. The Morgan fingerprint density at radius 3 is 2.52 bits per heavy atom. The van der Waals surface area contributed by atoms with Gasteiger partial charge in [-0.1, -0.05) is 0 Å². The normalized spacial score (nSPS) is 22.6. The number of piperazine rings is 1. The van der Waals surface area contributed by atoms with Crippen molar-refractivity contribution < 1.29 is 14.3 Å². The summed E-state index contributed by atoms with van der Waals surface area (Å²) < 4.78 is 5.42. The number of nitrogens with one attached hydrogen (secondary N) is 1. The second-order valence-corrected chi connectivity index (χ2v) is 5.47. The maximum Gasteiger partial charge on any atom is 0.270 e. The second kappa shape index (κ2) is 5.77. The molecule has 0 aliphatic carbocycles. The van der Waals surface area contributed by atoms with Crippen LogP contribution in [0.4, 0.5) is 5.69 Å². The summed E-state index contributed by atoms with van der Waals surface area (Å²) in [5.41, 5.74) is 6.65. The van der Waals surface area contributed by atoms with Crippen molar-refractivity contribution in [2.45, 2.75) is 18.9 Å². The third-order valence-electron chi connectivity index (χ3n) is 4.02. The molecule has 2 aliphatic rings. The Bertz CT molecular complexity index is 528. The van der Waals surface area contributed by atoms with E-state index in [4.69, 9.17) is 10.5 Å². The van der Waals surface area contributed by atoms with E-state index < -0.39 is 0 Å². The van der Waals surface area contributed by atoms with Gasteiger partial charge in [-0.2, -0.15) is 0 Å². The third-order valence-corrected chi connectivity index (χ3v) is 4.02. The van der Waals surface area contributed by atoms with E-state index >= 15 is 0 Å². The number of nitrogens with zero attached hydrogens (tertiary/aromatic N) is 2. The smallest absolute Gasteiger partial charge is 0.270 e. The number of nitrogens with two attached hydrogens (primary N) is 1. The van der Waals surface area contributed by atoms with Gasteiger partial charge in [0, 0.05) is 44.7 Å². The molecule has 3 N–H and O–H groups in total. The van der Waals surface area contributed by atoms with Crippen molar-refractivity contribution in [1.82, 2.24) is 14.8 Å². The monoisotopic (exact) mass is 292 g/mol. The summed E-state index contributed by atoms with van der Waals surface area (Å²) in [6, 6.07) is 1.63. The molecule has 0 bridgehead atoms. The van der Waals surface area contributed by atoms with Crippen molar-refractivity contribution in [3.05, 3.63) is 18.0 Å². The molecule has 114 valence electrons. The van der Waals surface area contributed by atoms with Crippen LogP contribution in [0.15, 0.2) is 12.3 Å². The highest BCUT2D eigenvalue weighted by Gasteiger charge is 2.31. The molecule has 0 saturated carbocycles. The van der Waals surface area contributed by atoms with E-state index in [0.29, 0.717) is 44.2 Å². The number of hydrogen-bond donors (Lipinski definition) is 2. The Morgan fingerprint density at radius 1 is 1.24 bits per heavy atom. The highest BCUT2D eigenvalue weighted by atomic mass is 16.5. The minimum atomic E-state index is -0.282. The number of aromatic amines is 1. The number of rotatable bonds is 2. The Hall–Kier alpha value is -2.02.